The number of hydrogen-bond donors (Lipinski definition) is 0. The Bertz CT molecular complexity index is 635. The lowest BCUT2D eigenvalue weighted by molar-refractivity contribution is 1.34. The number of benzene rings is 1. The Morgan fingerprint density at radius 2 is 2.12 bits per heavy atom. The lowest BCUT2D eigenvalue weighted by Crippen LogP contribution is -1.93. The van der Waals surface area contributed by atoms with Crippen LogP contribution in [0.15, 0.2) is 35.8 Å². The van der Waals surface area contributed by atoms with Crippen molar-refractivity contribution >= 4 is 64.9 Å². The second kappa shape index (κ2) is 4.92. The fourth-order valence-corrected chi connectivity index (χ4v) is 2.70. The van der Waals surface area contributed by atoms with Crippen molar-refractivity contribution in [2.24, 2.45) is 0 Å². The SMILES string of the molecule is C=Cc1c(C(=C)Br)nc2c(Br)cccc2c1Cl. The van der Waals surface area contributed by atoms with Crippen molar-refractivity contribution in [1.29, 1.82) is 0 Å². The molecule has 0 aliphatic rings. The molecule has 0 saturated heterocycles. The topological polar surface area (TPSA) is 12.9 Å². The molecule has 0 N–H and O–H groups in total. The van der Waals surface area contributed by atoms with E-state index in [-0.39, 0.29) is 0 Å². The van der Waals surface area contributed by atoms with Crippen molar-refractivity contribution < 1.29 is 0 Å². The average molecular weight is 373 g/mol. The molecular formula is C13H8Br2ClN. The standard InChI is InChI=1S/C13H8Br2ClN/c1-3-8-11(16)9-5-4-6-10(15)13(9)17-12(8)7(2)14/h3-6H,1-2H2. The van der Waals surface area contributed by atoms with Crippen molar-refractivity contribution in [3.8, 4) is 0 Å². The van der Waals surface area contributed by atoms with Crippen LogP contribution >= 0.6 is 43.5 Å². The van der Waals surface area contributed by atoms with E-state index < -0.39 is 0 Å². The van der Waals surface area contributed by atoms with Crippen LogP contribution in [0.25, 0.3) is 21.5 Å². The van der Waals surface area contributed by atoms with Crippen LogP contribution < -0.4 is 0 Å². The van der Waals surface area contributed by atoms with Crippen LogP contribution in [0.5, 0.6) is 0 Å². The number of halogens is 3. The van der Waals surface area contributed by atoms with Gasteiger partial charge in [0.05, 0.1) is 16.2 Å². The second-order valence-corrected chi connectivity index (χ2v) is 5.62. The maximum absolute atomic E-state index is 6.37. The number of fused-ring (bicyclic) bond motifs is 1. The van der Waals surface area contributed by atoms with Gasteiger partial charge in [-0.2, -0.15) is 0 Å². The van der Waals surface area contributed by atoms with Gasteiger partial charge in [0.15, 0.2) is 0 Å². The van der Waals surface area contributed by atoms with Crippen LogP contribution in [0.2, 0.25) is 5.02 Å². The summed E-state index contributed by atoms with van der Waals surface area (Å²) in [4.78, 5) is 4.56. The highest BCUT2D eigenvalue weighted by Gasteiger charge is 2.13. The van der Waals surface area contributed by atoms with E-state index in [9.17, 15) is 0 Å². The monoisotopic (exact) mass is 371 g/mol. The molecule has 1 nitrogen and oxygen atoms in total. The van der Waals surface area contributed by atoms with Gasteiger partial charge in [-0.05, 0) is 37.9 Å². The van der Waals surface area contributed by atoms with E-state index in [1.165, 1.54) is 0 Å². The summed E-state index contributed by atoms with van der Waals surface area (Å²) in [6.45, 7) is 7.61. The summed E-state index contributed by atoms with van der Waals surface area (Å²) < 4.78 is 1.59. The van der Waals surface area contributed by atoms with E-state index >= 15 is 0 Å². The van der Waals surface area contributed by atoms with Crippen molar-refractivity contribution in [3.05, 3.63) is 52.1 Å². The average Bonchev–Trinajstić information content (AvgIpc) is 2.30. The molecule has 4 heteroatoms. The zero-order valence-corrected chi connectivity index (χ0v) is 12.7. The van der Waals surface area contributed by atoms with E-state index in [0.29, 0.717) is 15.2 Å². The zero-order chi connectivity index (χ0) is 12.6. The minimum absolute atomic E-state index is 0.641. The maximum Gasteiger partial charge on any atom is 0.0867 e. The number of para-hydroxylation sites is 1. The third-order valence-corrected chi connectivity index (χ3v) is 3.82. The molecule has 0 spiro atoms. The molecule has 2 rings (SSSR count). The van der Waals surface area contributed by atoms with Crippen LogP contribution in [0.3, 0.4) is 0 Å². The first-order valence-corrected chi connectivity index (χ1v) is 6.77. The molecule has 2 aromatic rings. The molecule has 1 aromatic heterocycles. The minimum atomic E-state index is 0.641. The number of nitrogens with zero attached hydrogens (tertiary/aromatic N) is 1. The number of pyridine rings is 1. The van der Waals surface area contributed by atoms with Crippen molar-refractivity contribution in [3.63, 3.8) is 0 Å². The molecule has 0 saturated carbocycles. The molecule has 86 valence electrons. The molecule has 0 bridgehead atoms. The number of aromatic nitrogens is 1. The summed E-state index contributed by atoms with van der Waals surface area (Å²) in [5, 5.41) is 1.54. The third-order valence-electron chi connectivity index (χ3n) is 2.40. The molecule has 0 radical (unpaired) electrons. The van der Waals surface area contributed by atoms with E-state index in [2.05, 4.69) is 50.0 Å². The first-order valence-electron chi connectivity index (χ1n) is 4.81. The molecule has 0 atom stereocenters. The quantitative estimate of drug-likeness (QED) is 0.662. The first-order chi connectivity index (χ1) is 8.06. The van der Waals surface area contributed by atoms with Gasteiger partial charge >= 0.3 is 0 Å². The van der Waals surface area contributed by atoms with Gasteiger partial charge in [0.2, 0.25) is 0 Å². The molecule has 0 amide bonds. The second-order valence-electron chi connectivity index (χ2n) is 3.43. The van der Waals surface area contributed by atoms with Gasteiger partial charge in [-0.1, -0.05) is 43.0 Å². The lowest BCUT2D eigenvalue weighted by Gasteiger charge is -2.10. The van der Waals surface area contributed by atoms with Crippen LogP contribution in [-0.4, -0.2) is 4.98 Å². The van der Waals surface area contributed by atoms with Crippen molar-refractivity contribution in [2.45, 2.75) is 0 Å². The number of hydrogen-bond acceptors (Lipinski definition) is 1. The fraction of sp³-hybridized carbons (Fsp3) is 0. The van der Waals surface area contributed by atoms with E-state index in [1.54, 1.807) is 6.08 Å². The minimum Gasteiger partial charge on any atom is -0.245 e. The predicted octanol–water partition coefficient (Wildman–Crippen LogP) is 5.66. The molecule has 0 aliphatic carbocycles. The van der Waals surface area contributed by atoms with Gasteiger partial charge in [0, 0.05) is 19.9 Å². The third kappa shape index (κ3) is 2.19. The van der Waals surface area contributed by atoms with E-state index in [4.69, 9.17) is 11.6 Å². The largest absolute Gasteiger partial charge is 0.245 e. The van der Waals surface area contributed by atoms with Gasteiger partial charge in [-0.3, -0.25) is 0 Å². The van der Waals surface area contributed by atoms with Gasteiger partial charge in [-0.25, -0.2) is 4.98 Å². The van der Waals surface area contributed by atoms with Crippen molar-refractivity contribution in [1.82, 2.24) is 4.98 Å². The molecule has 17 heavy (non-hydrogen) atoms. The Morgan fingerprint density at radius 1 is 1.41 bits per heavy atom. The van der Waals surface area contributed by atoms with Gasteiger partial charge in [0.25, 0.3) is 0 Å². The maximum atomic E-state index is 6.37. The highest BCUT2D eigenvalue weighted by molar-refractivity contribution is 9.15. The molecular weight excluding hydrogens is 365 g/mol. The molecule has 0 unspecified atom stereocenters. The van der Waals surface area contributed by atoms with Crippen LogP contribution in [0.1, 0.15) is 11.3 Å². The Morgan fingerprint density at radius 3 is 2.71 bits per heavy atom. The summed E-state index contributed by atoms with van der Waals surface area (Å²) >= 11 is 13.2. The highest BCUT2D eigenvalue weighted by Crippen LogP contribution is 2.35. The van der Waals surface area contributed by atoms with Crippen LogP contribution in [0, 0.1) is 0 Å². The summed E-state index contributed by atoms with van der Waals surface area (Å²) in [7, 11) is 0. The van der Waals surface area contributed by atoms with Crippen LogP contribution in [-0.2, 0) is 0 Å². The Hall–Kier alpha value is -0.640. The molecule has 0 aliphatic heterocycles. The summed E-state index contributed by atoms with van der Waals surface area (Å²) in [6, 6.07) is 5.79. The number of rotatable bonds is 2. The molecule has 0 fully saturated rings. The lowest BCUT2D eigenvalue weighted by atomic mass is 10.1. The van der Waals surface area contributed by atoms with Crippen LogP contribution in [0.4, 0.5) is 0 Å². The predicted molar refractivity (Wildman–Crippen MR) is 82.5 cm³/mol. The van der Waals surface area contributed by atoms with E-state index in [1.807, 2.05) is 18.2 Å². The fourth-order valence-electron chi connectivity index (χ4n) is 1.62. The van der Waals surface area contributed by atoms with E-state index in [0.717, 1.165) is 20.9 Å². The summed E-state index contributed by atoms with van der Waals surface area (Å²) in [5.41, 5.74) is 2.32. The summed E-state index contributed by atoms with van der Waals surface area (Å²) in [6.07, 6.45) is 1.69. The zero-order valence-electron chi connectivity index (χ0n) is 8.80. The van der Waals surface area contributed by atoms with Gasteiger partial charge in [-0.15, -0.1) is 0 Å². The summed E-state index contributed by atoms with van der Waals surface area (Å²) in [5.74, 6) is 0. The smallest absolute Gasteiger partial charge is 0.0867 e. The van der Waals surface area contributed by atoms with Gasteiger partial charge in [0.1, 0.15) is 0 Å². The Kier molecular flexibility index (Phi) is 3.71. The van der Waals surface area contributed by atoms with Gasteiger partial charge < -0.3 is 0 Å². The Labute approximate surface area is 121 Å². The van der Waals surface area contributed by atoms with Crippen molar-refractivity contribution in [2.75, 3.05) is 0 Å². The highest BCUT2D eigenvalue weighted by atomic mass is 79.9. The normalized spacial score (nSPS) is 10.5. The Balaban J connectivity index is 2.98. The first kappa shape index (κ1) is 12.8. The molecule has 1 heterocycles. The molecule has 1 aromatic carbocycles.